The van der Waals surface area contributed by atoms with Crippen LogP contribution in [0.1, 0.15) is 11.1 Å². The van der Waals surface area contributed by atoms with Crippen molar-refractivity contribution in [1.82, 2.24) is 0 Å². The number of amides is 1. The zero-order chi connectivity index (χ0) is 21.5. The fraction of sp³-hybridized carbons (Fsp3) is 0.0435. The first kappa shape index (κ1) is 20.3. The van der Waals surface area contributed by atoms with Gasteiger partial charge in [0.2, 0.25) is 0 Å². The van der Waals surface area contributed by atoms with Gasteiger partial charge in [-0.2, -0.15) is 5.26 Å². The SMILES string of the molecule is Cc1cc([N+](=O)[O-])ccc1NC(=O)C(C#N)=Cc1cccc(Oc2ccccc2)c1. The van der Waals surface area contributed by atoms with Crippen molar-refractivity contribution in [2.24, 2.45) is 0 Å². The minimum absolute atomic E-state index is 0.0724. The van der Waals surface area contributed by atoms with E-state index in [0.29, 0.717) is 28.3 Å². The number of nitro benzene ring substituents is 1. The van der Waals surface area contributed by atoms with Crippen molar-refractivity contribution in [3.05, 3.63) is 99.6 Å². The van der Waals surface area contributed by atoms with Crippen molar-refractivity contribution >= 4 is 23.4 Å². The summed E-state index contributed by atoms with van der Waals surface area (Å²) in [5.41, 5.74) is 1.36. The predicted octanol–water partition coefficient (Wildman–Crippen LogP) is 5.24. The molecule has 148 valence electrons. The van der Waals surface area contributed by atoms with Crippen LogP contribution in [0.2, 0.25) is 0 Å². The Morgan fingerprint density at radius 3 is 2.47 bits per heavy atom. The summed E-state index contributed by atoms with van der Waals surface area (Å²) < 4.78 is 5.77. The molecule has 0 aromatic heterocycles. The summed E-state index contributed by atoms with van der Waals surface area (Å²) in [7, 11) is 0. The number of ether oxygens (including phenoxy) is 1. The molecule has 1 N–H and O–H groups in total. The number of non-ortho nitro benzene ring substituents is 1. The van der Waals surface area contributed by atoms with Gasteiger partial charge in [0, 0.05) is 17.8 Å². The molecule has 0 unspecified atom stereocenters. The lowest BCUT2D eigenvalue weighted by atomic mass is 10.1. The number of benzene rings is 3. The van der Waals surface area contributed by atoms with Crippen LogP contribution >= 0.6 is 0 Å². The van der Waals surface area contributed by atoms with Crippen molar-refractivity contribution in [2.75, 3.05) is 5.32 Å². The zero-order valence-corrected chi connectivity index (χ0v) is 16.0. The third kappa shape index (κ3) is 5.09. The second-order valence-corrected chi connectivity index (χ2v) is 6.37. The van der Waals surface area contributed by atoms with E-state index in [1.165, 1.54) is 24.3 Å². The van der Waals surface area contributed by atoms with E-state index in [9.17, 15) is 20.2 Å². The summed E-state index contributed by atoms with van der Waals surface area (Å²) >= 11 is 0. The number of rotatable bonds is 6. The molecule has 0 aliphatic heterocycles. The maximum absolute atomic E-state index is 12.5. The number of nitriles is 1. The third-order valence-corrected chi connectivity index (χ3v) is 4.18. The van der Waals surface area contributed by atoms with Crippen LogP contribution < -0.4 is 10.1 Å². The first-order valence-corrected chi connectivity index (χ1v) is 8.97. The van der Waals surface area contributed by atoms with Gasteiger partial charge >= 0.3 is 0 Å². The second-order valence-electron chi connectivity index (χ2n) is 6.37. The predicted molar refractivity (Wildman–Crippen MR) is 113 cm³/mol. The number of carbonyl (C=O) groups is 1. The Kier molecular flexibility index (Phi) is 6.20. The summed E-state index contributed by atoms with van der Waals surface area (Å²) in [6, 6.07) is 22.2. The van der Waals surface area contributed by atoms with Crippen molar-refractivity contribution in [3.8, 4) is 17.6 Å². The highest BCUT2D eigenvalue weighted by Crippen LogP contribution is 2.24. The van der Waals surface area contributed by atoms with E-state index in [1.807, 2.05) is 36.4 Å². The molecule has 0 saturated heterocycles. The van der Waals surface area contributed by atoms with E-state index in [0.717, 1.165) is 0 Å². The molecule has 0 radical (unpaired) electrons. The van der Waals surface area contributed by atoms with Crippen molar-refractivity contribution in [3.63, 3.8) is 0 Å². The van der Waals surface area contributed by atoms with Crippen LogP contribution in [0, 0.1) is 28.4 Å². The molecule has 7 nitrogen and oxygen atoms in total. The van der Waals surface area contributed by atoms with E-state index in [2.05, 4.69) is 5.32 Å². The van der Waals surface area contributed by atoms with E-state index in [1.54, 1.807) is 31.2 Å². The number of nitro groups is 1. The fourth-order valence-electron chi connectivity index (χ4n) is 2.70. The minimum Gasteiger partial charge on any atom is -0.457 e. The molecule has 0 bridgehead atoms. The van der Waals surface area contributed by atoms with Crippen LogP contribution in [0.15, 0.2) is 78.4 Å². The van der Waals surface area contributed by atoms with Gasteiger partial charge in [0.1, 0.15) is 23.1 Å². The van der Waals surface area contributed by atoms with Gasteiger partial charge in [-0.3, -0.25) is 14.9 Å². The summed E-state index contributed by atoms with van der Waals surface area (Å²) in [4.78, 5) is 22.9. The monoisotopic (exact) mass is 399 g/mol. The van der Waals surface area contributed by atoms with Crippen molar-refractivity contribution < 1.29 is 14.5 Å². The number of hydrogen-bond donors (Lipinski definition) is 1. The first-order chi connectivity index (χ1) is 14.5. The lowest BCUT2D eigenvalue weighted by Crippen LogP contribution is -2.14. The Bertz CT molecular complexity index is 1160. The van der Waals surface area contributed by atoms with Crippen molar-refractivity contribution in [2.45, 2.75) is 6.92 Å². The molecule has 0 fully saturated rings. The third-order valence-electron chi connectivity index (χ3n) is 4.18. The molecule has 3 rings (SSSR count). The normalized spacial score (nSPS) is 10.7. The Hall–Kier alpha value is -4.44. The molecule has 0 saturated carbocycles. The smallest absolute Gasteiger partial charge is 0.269 e. The van der Waals surface area contributed by atoms with Crippen molar-refractivity contribution in [1.29, 1.82) is 5.26 Å². The molecular weight excluding hydrogens is 382 g/mol. The largest absolute Gasteiger partial charge is 0.457 e. The zero-order valence-electron chi connectivity index (χ0n) is 16.0. The summed E-state index contributed by atoms with van der Waals surface area (Å²) in [5, 5.41) is 22.9. The lowest BCUT2D eigenvalue weighted by Gasteiger charge is -2.08. The van der Waals surface area contributed by atoms with Gasteiger partial charge < -0.3 is 10.1 Å². The summed E-state index contributed by atoms with van der Waals surface area (Å²) in [6.45, 7) is 1.64. The van der Waals surface area contributed by atoms with E-state index in [-0.39, 0.29) is 11.3 Å². The Labute approximate surface area is 173 Å². The molecule has 0 aliphatic rings. The van der Waals surface area contributed by atoms with Crippen LogP contribution in [0.5, 0.6) is 11.5 Å². The van der Waals surface area contributed by atoms with E-state index >= 15 is 0 Å². The molecule has 0 atom stereocenters. The Morgan fingerprint density at radius 1 is 1.07 bits per heavy atom. The molecule has 3 aromatic carbocycles. The molecule has 0 spiro atoms. The number of nitrogens with zero attached hydrogens (tertiary/aromatic N) is 2. The van der Waals surface area contributed by atoms with Gasteiger partial charge in [-0.15, -0.1) is 0 Å². The van der Waals surface area contributed by atoms with Gasteiger partial charge in [-0.25, -0.2) is 0 Å². The van der Waals surface area contributed by atoms with Gasteiger partial charge in [-0.05, 0) is 54.5 Å². The summed E-state index contributed by atoms with van der Waals surface area (Å²) in [6.07, 6.45) is 1.45. The quantitative estimate of drug-likeness (QED) is 0.264. The number of carbonyl (C=O) groups excluding carboxylic acids is 1. The second kappa shape index (κ2) is 9.17. The Morgan fingerprint density at radius 2 is 1.80 bits per heavy atom. The maximum Gasteiger partial charge on any atom is 0.269 e. The van der Waals surface area contributed by atoms with E-state index < -0.39 is 10.8 Å². The van der Waals surface area contributed by atoms with Gasteiger partial charge in [-0.1, -0.05) is 30.3 Å². The lowest BCUT2D eigenvalue weighted by molar-refractivity contribution is -0.384. The van der Waals surface area contributed by atoms with Gasteiger partial charge in [0.05, 0.1) is 4.92 Å². The molecule has 1 amide bonds. The van der Waals surface area contributed by atoms with Gasteiger partial charge in [0.25, 0.3) is 11.6 Å². The molecule has 3 aromatic rings. The number of anilines is 1. The molecular formula is C23H17N3O4. The van der Waals surface area contributed by atoms with E-state index in [4.69, 9.17) is 4.74 Å². The molecule has 30 heavy (non-hydrogen) atoms. The van der Waals surface area contributed by atoms with Crippen LogP contribution in [-0.4, -0.2) is 10.8 Å². The molecule has 0 aliphatic carbocycles. The highest BCUT2D eigenvalue weighted by Gasteiger charge is 2.13. The molecule has 7 heteroatoms. The number of aryl methyl sites for hydroxylation is 1. The van der Waals surface area contributed by atoms with Crippen LogP contribution in [0.4, 0.5) is 11.4 Å². The first-order valence-electron chi connectivity index (χ1n) is 8.97. The standard InChI is InChI=1S/C23H17N3O4/c1-16-12-19(26(28)29)10-11-22(16)25-23(27)18(15-24)13-17-6-5-9-21(14-17)30-20-7-3-2-4-8-20/h2-14H,1H3,(H,25,27). The van der Waals surface area contributed by atoms with Crippen LogP contribution in [0.3, 0.4) is 0 Å². The summed E-state index contributed by atoms with van der Waals surface area (Å²) in [5.74, 6) is 0.633. The van der Waals surface area contributed by atoms with Crippen LogP contribution in [0.25, 0.3) is 6.08 Å². The highest BCUT2D eigenvalue weighted by molar-refractivity contribution is 6.10. The highest BCUT2D eigenvalue weighted by atomic mass is 16.6. The topological polar surface area (TPSA) is 105 Å². The molecule has 0 heterocycles. The Balaban J connectivity index is 1.78. The fourth-order valence-corrected chi connectivity index (χ4v) is 2.70. The average Bonchev–Trinajstić information content (AvgIpc) is 2.74. The average molecular weight is 399 g/mol. The maximum atomic E-state index is 12.5. The van der Waals surface area contributed by atoms with Gasteiger partial charge in [0.15, 0.2) is 0 Å². The number of nitrogens with one attached hydrogen (secondary N) is 1. The number of hydrogen-bond acceptors (Lipinski definition) is 5. The number of para-hydroxylation sites is 1. The van der Waals surface area contributed by atoms with Crippen LogP contribution in [-0.2, 0) is 4.79 Å². The minimum atomic E-state index is -0.608.